The Morgan fingerprint density at radius 3 is 2.76 bits per heavy atom. The number of para-hydroxylation sites is 1. The average Bonchev–Trinajstić information content (AvgIpc) is 2.80. The molecule has 21 heavy (non-hydrogen) atoms. The summed E-state index contributed by atoms with van der Waals surface area (Å²) in [6.07, 6.45) is 1.72. The average molecular weight is 296 g/mol. The first-order valence-electron chi connectivity index (χ1n) is 6.80. The lowest BCUT2D eigenvalue weighted by atomic mass is 10.1. The maximum Gasteiger partial charge on any atom is 0.184 e. The maximum atomic E-state index is 5.35. The van der Waals surface area contributed by atoms with E-state index in [1.165, 1.54) is 21.8 Å². The van der Waals surface area contributed by atoms with Crippen LogP contribution in [0, 0.1) is 0 Å². The van der Waals surface area contributed by atoms with Crippen LogP contribution >= 0.6 is 12.2 Å². The topological polar surface area (TPSA) is 55.3 Å². The highest BCUT2D eigenvalue weighted by Crippen LogP contribution is 2.29. The Labute approximate surface area is 128 Å². The number of benzene rings is 2. The Hall–Kier alpha value is -2.40. The third-order valence-electron chi connectivity index (χ3n) is 3.50. The van der Waals surface area contributed by atoms with Gasteiger partial charge in [-0.25, -0.2) is 0 Å². The predicted molar refractivity (Wildman–Crippen MR) is 92.6 cm³/mol. The zero-order valence-electron chi connectivity index (χ0n) is 11.7. The molecule has 0 aliphatic heterocycles. The number of fused-ring (bicyclic) bond motifs is 3. The number of thiocarbonyl (C=S) groups is 1. The van der Waals surface area contributed by atoms with Crippen LogP contribution in [0.4, 0.5) is 0 Å². The quantitative estimate of drug-likeness (QED) is 0.444. The largest absolute Gasteiger partial charge is 0.375 e. The number of hydrazone groups is 1. The van der Waals surface area contributed by atoms with Crippen molar-refractivity contribution in [3.63, 3.8) is 0 Å². The van der Waals surface area contributed by atoms with Gasteiger partial charge in [-0.05, 0) is 36.8 Å². The minimum absolute atomic E-state index is 0.162. The van der Waals surface area contributed by atoms with Crippen LogP contribution < -0.4 is 11.2 Å². The molecule has 0 bridgehead atoms. The molecule has 3 aromatic rings. The minimum Gasteiger partial charge on any atom is -0.375 e. The molecule has 0 radical (unpaired) electrons. The molecule has 0 aliphatic rings. The van der Waals surface area contributed by atoms with E-state index in [2.05, 4.69) is 58.4 Å². The van der Waals surface area contributed by atoms with Gasteiger partial charge in [-0.1, -0.05) is 30.3 Å². The monoisotopic (exact) mass is 296 g/mol. The maximum absolute atomic E-state index is 5.35. The van der Waals surface area contributed by atoms with Crippen LogP contribution in [0.5, 0.6) is 0 Å². The van der Waals surface area contributed by atoms with E-state index in [9.17, 15) is 0 Å². The van der Waals surface area contributed by atoms with E-state index < -0.39 is 0 Å². The first kappa shape index (κ1) is 13.6. The molecular weight excluding hydrogens is 280 g/mol. The van der Waals surface area contributed by atoms with Gasteiger partial charge in [0, 0.05) is 28.4 Å². The van der Waals surface area contributed by atoms with Crippen LogP contribution in [0.2, 0.25) is 0 Å². The lowest BCUT2D eigenvalue weighted by Gasteiger charge is -2.03. The number of nitrogens with one attached hydrogen (secondary N) is 1. The summed E-state index contributed by atoms with van der Waals surface area (Å²) >= 11 is 4.72. The van der Waals surface area contributed by atoms with Crippen molar-refractivity contribution in [3.8, 4) is 0 Å². The summed E-state index contributed by atoms with van der Waals surface area (Å²) in [6.45, 7) is 3.08. The van der Waals surface area contributed by atoms with Crippen LogP contribution in [0.25, 0.3) is 21.8 Å². The van der Waals surface area contributed by atoms with Crippen LogP contribution in [0.15, 0.2) is 47.6 Å². The number of aromatic nitrogens is 1. The number of rotatable bonds is 3. The molecule has 0 spiro atoms. The smallest absolute Gasteiger partial charge is 0.184 e. The summed E-state index contributed by atoms with van der Waals surface area (Å²) in [6, 6.07) is 14.8. The molecule has 3 N–H and O–H groups in total. The zero-order valence-corrected chi connectivity index (χ0v) is 12.5. The van der Waals surface area contributed by atoms with Gasteiger partial charge in [-0.15, -0.1) is 0 Å². The highest BCUT2D eigenvalue weighted by molar-refractivity contribution is 7.80. The highest BCUT2D eigenvalue weighted by Gasteiger charge is 2.08. The Bertz CT molecular complexity index is 848. The fraction of sp³-hybridized carbons (Fsp3) is 0.125. The number of nitrogens with two attached hydrogens (primary N) is 1. The fourth-order valence-corrected chi connectivity index (χ4v) is 2.71. The number of aryl methyl sites for hydroxylation is 1. The normalized spacial score (nSPS) is 11.5. The van der Waals surface area contributed by atoms with E-state index in [1.54, 1.807) is 6.21 Å². The van der Waals surface area contributed by atoms with Gasteiger partial charge in [0.25, 0.3) is 0 Å². The lowest BCUT2D eigenvalue weighted by molar-refractivity contribution is 0.827. The Morgan fingerprint density at radius 1 is 1.24 bits per heavy atom. The highest BCUT2D eigenvalue weighted by atomic mass is 32.1. The van der Waals surface area contributed by atoms with E-state index in [1.807, 2.05) is 6.07 Å². The first-order chi connectivity index (χ1) is 10.2. The van der Waals surface area contributed by atoms with Gasteiger partial charge in [-0.3, -0.25) is 5.43 Å². The molecule has 0 aliphatic carbocycles. The van der Waals surface area contributed by atoms with Crippen molar-refractivity contribution in [1.29, 1.82) is 0 Å². The van der Waals surface area contributed by atoms with E-state index in [-0.39, 0.29) is 5.11 Å². The molecule has 5 heteroatoms. The van der Waals surface area contributed by atoms with Gasteiger partial charge < -0.3 is 10.3 Å². The Morgan fingerprint density at radius 2 is 2.00 bits per heavy atom. The van der Waals surface area contributed by atoms with Crippen LogP contribution in [0.1, 0.15) is 12.5 Å². The van der Waals surface area contributed by atoms with E-state index >= 15 is 0 Å². The molecule has 0 amide bonds. The van der Waals surface area contributed by atoms with Crippen molar-refractivity contribution < 1.29 is 0 Å². The number of hydrogen-bond acceptors (Lipinski definition) is 2. The molecule has 0 atom stereocenters. The summed E-state index contributed by atoms with van der Waals surface area (Å²) in [5, 5.41) is 6.70. The van der Waals surface area contributed by atoms with Gasteiger partial charge in [0.2, 0.25) is 0 Å². The molecule has 0 saturated heterocycles. The number of nitrogens with zero attached hydrogens (tertiary/aromatic N) is 2. The van der Waals surface area contributed by atoms with Crippen LogP contribution in [-0.4, -0.2) is 15.9 Å². The molecule has 0 saturated carbocycles. The van der Waals surface area contributed by atoms with Crippen molar-refractivity contribution in [2.75, 3.05) is 0 Å². The second kappa shape index (κ2) is 5.54. The van der Waals surface area contributed by atoms with E-state index in [4.69, 9.17) is 18.0 Å². The minimum atomic E-state index is 0.162. The summed E-state index contributed by atoms with van der Waals surface area (Å²) in [5.74, 6) is 0. The molecule has 1 aromatic heterocycles. The zero-order chi connectivity index (χ0) is 14.8. The van der Waals surface area contributed by atoms with Crippen LogP contribution in [0.3, 0.4) is 0 Å². The Balaban J connectivity index is 2.14. The Kier molecular flexibility index (Phi) is 3.58. The SMILES string of the molecule is CCn1c2ccccc2c2ccc(/C=N/NC(N)=S)cc21. The summed E-state index contributed by atoms with van der Waals surface area (Å²) < 4.78 is 2.31. The van der Waals surface area contributed by atoms with E-state index in [0.29, 0.717) is 0 Å². The molecule has 0 unspecified atom stereocenters. The predicted octanol–water partition coefficient (Wildman–Crippen LogP) is 2.98. The van der Waals surface area contributed by atoms with Gasteiger partial charge >= 0.3 is 0 Å². The third kappa shape index (κ3) is 2.48. The molecule has 106 valence electrons. The van der Waals surface area contributed by atoms with Crippen molar-refractivity contribution in [1.82, 2.24) is 9.99 Å². The summed E-state index contributed by atoms with van der Waals surface area (Å²) in [5.41, 5.74) is 11.4. The fourth-order valence-electron chi connectivity index (χ4n) is 2.66. The second-order valence-electron chi connectivity index (χ2n) is 4.77. The molecule has 3 rings (SSSR count). The van der Waals surface area contributed by atoms with Gasteiger partial charge in [0.1, 0.15) is 0 Å². The molecule has 4 nitrogen and oxygen atoms in total. The molecular formula is C16H16N4S. The van der Waals surface area contributed by atoms with Crippen molar-refractivity contribution in [3.05, 3.63) is 48.0 Å². The van der Waals surface area contributed by atoms with Crippen molar-refractivity contribution in [2.24, 2.45) is 10.8 Å². The second-order valence-corrected chi connectivity index (χ2v) is 5.21. The third-order valence-corrected chi connectivity index (χ3v) is 3.59. The van der Waals surface area contributed by atoms with Crippen LogP contribution in [-0.2, 0) is 6.54 Å². The van der Waals surface area contributed by atoms with Crippen molar-refractivity contribution in [2.45, 2.75) is 13.5 Å². The van der Waals surface area contributed by atoms with Gasteiger partial charge in [0.05, 0.1) is 6.21 Å². The van der Waals surface area contributed by atoms with Crippen molar-refractivity contribution >= 4 is 45.4 Å². The summed E-state index contributed by atoms with van der Waals surface area (Å²) in [4.78, 5) is 0. The number of hydrogen-bond donors (Lipinski definition) is 2. The van der Waals surface area contributed by atoms with E-state index in [0.717, 1.165) is 12.1 Å². The molecule has 0 fully saturated rings. The molecule has 1 heterocycles. The standard InChI is InChI=1S/C16H16N4S/c1-2-20-14-6-4-3-5-12(14)13-8-7-11(9-15(13)20)10-18-19-16(17)21/h3-10H,2H2,1H3,(H3,17,19,21)/b18-10+. The summed E-state index contributed by atoms with van der Waals surface area (Å²) in [7, 11) is 0. The lowest BCUT2D eigenvalue weighted by Crippen LogP contribution is -2.23. The molecule has 2 aromatic carbocycles. The van der Waals surface area contributed by atoms with Gasteiger partial charge in [-0.2, -0.15) is 5.10 Å². The first-order valence-corrected chi connectivity index (χ1v) is 7.21. The van der Waals surface area contributed by atoms with Gasteiger partial charge in [0.15, 0.2) is 5.11 Å².